The van der Waals surface area contributed by atoms with Crippen molar-refractivity contribution in [3.05, 3.63) is 11.4 Å². The predicted molar refractivity (Wildman–Crippen MR) is 101 cm³/mol. The third-order valence-electron chi connectivity index (χ3n) is 4.43. The lowest BCUT2D eigenvalue weighted by Crippen LogP contribution is -2.49. The maximum Gasteiger partial charge on any atom is 0.397 e. The molecule has 9 nitrogen and oxygen atoms in total. The van der Waals surface area contributed by atoms with Crippen molar-refractivity contribution in [3.63, 3.8) is 0 Å². The number of nitrogens with one attached hydrogen (secondary N) is 1. The third kappa shape index (κ3) is 5.03. The van der Waals surface area contributed by atoms with E-state index in [2.05, 4.69) is 15.3 Å². The number of hydrogen-bond donors (Lipinski definition) is 3. The van der Waals surface area contributed by atoms with Crippen molar-refractivity contribution in [1.82, 2.24) is 14.9 Å². The van der Waals surface area contributed by atoms with Gasteiger partial charge in [-0.15, -0.1) is 11.3 Å². The number of aromatic nitrogens is 2. The molecule has 1 atom stereocenters. The van der Waals surface area contributed by atoms with Gasteiger partial charge in [0.05, 0.1) is 5.39 Å². The Labute approximate surface area is 167 Å². The van der Waals surface area contributed by atoms with Gasteiger partial charge in [0.25, 0.3) is 0 Å². The van der Waals surface area contributed by atoms with E-state index in [-0.39, 0.29) is 25.6 Å². The van der Waals surface area contributed by atoms with E-state index in [0.717, 1.165) is 5.39 Å². The van der Waals surface area contributed by atoms with E-state index in [1.54, 1.807) is 0 Å². The number of carboxylic acid groups (broad SMARTS) is 1. The zero-order chi connectivity index (χ0) is 21.2. The van der Waals surface area contributed by atoms with Gasteiger partial charge in [0.2, 0.25) is 11.9 Å². The van der Waals surface area contributed by atoms with E-state index in [9.17, 15) is 22.8 Å². The van der Waals surface area contributed by atoms with Gasteiger partial charge in [-0.2, -0.15) is 18.2 Å². The lowest BCUT2D eigenvalue weighted by Gasteiger charge is -2.36. The van der Waals surface area contributed by atoms with Crippen molar-refractivity contribution >= 4 is 45.2 Å². The summed E-state index contributed by atoms with van der Waals surface area (Å²) >= 11 is 1.35. The van der Waals surface area contributed by atoms with Crippen LogP contribution in [-0.2, 0) is 9.59 Å². The third-order valence-corrected chi connectivity index (χ3v) is 5.23. The standard InChI is InChI=1S/C16H19F3N6O3S/c17-16(18,19)7-11(26)24-2-4-25(5-3-24)12-9-1-6-29-13(9)23-15(22-12)21-10(8-20)14(27)28/h1,6,10H,2-5,7-8,20H2,(H,27,28)(H,21,22,23)/t10-/m0/s1. The molecule has 0 radical (unpaired) electrons. The first-order chi connectivity index (χ1) is 13.7. The Kier molecular flexibility index (Phi) is 6.07. The number of carbonyl (C=O) groups excluding carboxylic acids is 1. The second-order valence-corrected chi connectivity index (χ2v) is 7.34. The van der Waals surface area contributed by atoms with Crippen LogP contribution in [0.15, 0.2) is 11.4 Å². The zero-order valence-corrected chi connectivity index (χ0v) is 16.0. The molecule has 3 heterocycles. The van der Waals surface area contributed by atoms with E-state index >= 15 is 0 Å². The van der Waals surface area contributed by atoms with Crippen LogP contribution in [0.25, 0.3) is 10.2 Å². The molecule has 0 unspecified atom stereocenters. The topological polar surface area (TPSA) is 125 Å². The van der Waals surface area contributed by atoms with Gasteiger partial charge in [-0.3, -0.25) is 4.79 Å². The van der Waals surface area contributed by atoms with Crippen molar-refractivity contribution in [2.75, 3.05) is 42.9 Å². The van der Waals surface area contributed by atoms with Crippen LogP contribution >= 0.6 is 11.3 Å². The highest BCUT2D eigenvalue weighted by Gasteiger charge is 2.34. The first kappa shape index (κ1) is 21.0. The maximum absolute atomic E-state index is 12.4. The van der Waals surface area contributed by atoms with E-state index in [1.807, 2.05) is 16.3 Å². The average Bonchev–Trinajstić information content (AvgIpc) is 3.12. The van der Waals surface area contributed by atoms with Crippen LogP contribution in [0.5, 0.6) is 0 Å². The highest BCUT2D eigenvalue weighted by molar-refractivity contribution is 7.16. The van der Waals surface area contributed by atoms with Gasteiger partial charge in [0.15, 0.2) is 0 Å². The summed E-state index contributed by atoms with van der Waals surface area (Å²) in [5, 5.41) is 14.4. The number of nitrogens with two attached hydrogens (primary N) is 1. The molecular formula is C16H19F3N6O3S. The number of fused-ring (bicyclic) bond motifs is 1. The summed E-state index contributed by atoms with van der Waals surface area (Å²) in [5.41, 5.74) is 5.46. The van der Waals surface area contributed by atoms with Gasteiger partial charge in [-0.05, 0) is 11.4 Å². The smallest absolute Gasteiger partial charge is 0.397 e. The second-order valence-electron chi connectivity index (χ2n) is 6.44. The van der Waals surface area contributed by atoms with Crippen LogP contribution < -0.4 is 16.0 Å². The largest absolute Gasteiger partial charge is 0.480 e. The van der Waals surface area contributed by atoms with E-state index in [0.29, 0.717) is 23.7 Å². The van der Waals surface area contributed by atoms with E-state index in [4.69, 9.17) is 10.8 Å². The van der Waals surface area contributed by atoms with Crippen LogP contribution in [0.4, 0.5) is 24.9 Å². The summed E-state index contributed by atoms with van der Waals surface area (Å²) in [4.78, 5) is 35.4. The summed E-state index contributed by atoms with van der Waals surface area (Å²) in [7, 11) is 0. The van der Waals surface area contributed by atoms with Crippen molar-refractivity contribution in [2.24, 2.45) is 5.73 Å². The minimum Gasteiger partial charge on any atom is -0.480 e. The van der Waals surface area contributed by atoms with Gasteiger partial charge in [0, 0.05) is 32.7 Å². The number of anilines is 2. The van der Waals surface area contributed by atoms with Crippen LogP contribution in [0.3, 0.4) is 0 Å². The molecule has 1 fully saturated rings. The lowest BCUT2D eigenvalue weighted by atomic mass is 10.2. The molecule has 0 bridgehead atoms. The average molecular weight is 432 g/mol. The summed E-state index contributed by atoms with van der Waals surface area (Å²) in [5.74, 6) is -1.46. The summed E-state index contributed by atoms with van der Waals surface area (Å²) in [6, 6.07) is 0.759. The van der Waals surface area contributed by atoms with Gasteiger partial charge in [0.1, 0.15) is 23.1 Å². The minimum absolute atomic E-state index is 0.100. The molecule has 158 valence electrons. The molecule has 2 aromatic heterocycles. The van der Waals surface area contributed by atoms with E-state index in [1.165, 1.54) is 16.2 Å². The molecule has 29 heavy (non-hydrogen) atoms. The van der Waals surface area contributed by atoms with Gasteiger partial charge < -0.3 is 26.0 Å². The molecule has 2 aromatic rings. The molecule has 13 heteroatoms. The zero-order valence-electron chi connectivity index (χ0n) is 15.1. The van der Waals surface area contributed by atoms with Gasteiger partial charge >= 0.3 is 12.1 Å². The molecule has 0 spiro atoms. The molecule has 0 aromatic carbocycles. The molecule has 0 aliphatic carbocycles. The Balaban J connectivity index is 1.77. The number of thiophene rings is 1. The summed E-state index contributed by atoms with van der Waals surface area (Å²) < 4.78 is 37.3. The summed E-state index contributed by atoms with van der Waals surface area (Å²) in [6.07, 6.45) is -6.01. The fraction of sp³-hybridized carbons (Fsp3) is 0.500. The number of carbonyl (C=O) groups is 2. The Morgan fingerprint density at radius 1 is 1.28 bits per heavy atom. The molecule has 1 aliphatic rings. The molecule has 0 saturated carbocycles. The van der Waals surface area contributed by atoms with Crippen molar-refractivity contribution in [2.45, 2.75) is 18.6 Å². The highest BCUT2D eigenvalue weighted by atomic mass is 32.1. The highest BCUT2D eigenvalue weighted by Crippen LogP contribution is 2.30. The second kappa shape index (κ2) is 8.37. The minimum atomic E-state index is -4.53. The molecule has 1 saturated heterocycles. The van der Waals surface area contributed by atoms with Gasteiger partial charge in [-0.25, -0.2) is 9.78 Å². The van der Waals surface area contributed by atoms with Crippen molar-refractivity contribution < 1.29 is 27.9 Å². The Morgan fingerprint density at radius 2 is 1.97 bits per heavy atom. The molecule has 1 aliphatic heterocycles. The first-order valence-corrected chi connectivity index (χ1v) is 9.60. The Bertz CT molecular complexity index is 898. The fourth-order valence-corrected chi connectivity index (χ4v) is 3.73. The van der Waals surface area contributed by atoms with Crippen LogP contribution in [0.2, 0.25) is 0 Å². The number of alkyl halides is 3. The number of amides is 1. The summed E-state index contributed by atoms with van der Waals surface area (Å²) in [6.45, 7) is 0.701. The van der Waals surface area contributed by atoms with Crippen LogP contribution in [-0.4, -0.2) is 76.8 Å². The number of aliphatic carboxylic acids is 1. The Morgan fingerprint density at radius 3 is 2.55 bits per heavy atom. The number of carboxylic acids is 1. The number of piperazine rings is 1. The van der Waals surface area contributed by atoms with Crippen molar-refractivity contribution in [3.8, 4) is 0 Å². The monoisotopic (exact) mass is 432 g/mol. The van der Waals surface area contributed by atoms with Crippen LogP contribution in [0, 0.1) is 0 Å². The quantitative estimate of drug-likeness (QED) is 0.620. The van der Waals surface area contributed by atoms with Crippen LogP contribution in [0.1, 0.15) is 6.42 Å². The molecule has 3 rings (SSSR count). The molecular weight excluding hydrogens is 413 g/mol. The number of nitrogens with zero attached hydrogens (tertiary/aromatic N) is 4. The van der Waals surface area contributed by atoms with Crippen molar-refractivity contribution in [1.29, 1.82) is 0 Å². The number of halogens is 3. The van der Waals surface area contributed by atoms with Gasteiger partial charge in [-0.1, -0.05) is 0 Å². The molecule has 4 N–H and O–H groups in total. The Hall–Kier alpha value is -2.67. The number of hydrogen-bond acceptors (Lipinski definition) is 8. The molecule has 1 amide bonds. The normalized spacial score (nSPS) is 16.1. The fourth-order valence-electron chi connectivity index (χ4n) is 2.97. The maximum atomic E-state index is 12.4. The first-order valence-electron chi connectivity index (χ1n) is 8.72. The predicted octanol–water partition coefficient (Wildman–Crippen LogP) is 1.12. The lowest BCUT2D eigenvalue weighted by molar-refractivity contribution is -0.161. The number of rotatable bonds is 6. The van der Waals surface area contributed by atoms with E-state index < -0.39 is 30.5 Å². The SMILES string of the molecule is NC[C@H](Nc1nc(N2CCN(C(=O)CC(F)(F)F)CC2)c2ccsc2n1)C(=O)O.